The summed E-state index contributed by atoms with van der Waals surface area (Å²) in [6.45, 7) is 2.36. The fraction of sp³-hybridized carbons (Fsp3) is 0.280. The zero-order valence-electron chi connectivity index (χ0n) is 19.5. The van der Waals surface area contributed by atoms with E-state index in [9.17, 15) is 26.4 Å². The molecule has 0 aliphatic carbocycles. The number of carbonyl (C=O) groups is 1. The number of nitrogens with zero attached hydrogens (tertiary/aromatic N) is 3. The van der Waals surface area contributed by atoms with Gasteiger partial charge >= 0.3 is 6.18 Å². The predicted molar refractivity (Wildman–Crippen MR) is 130 cm³/mol. The van der Waals surface area contributed by atoms with Crippen molar-refractivity contribution in [3.8, 4) is 11.1 Å². The van der Waals surface area contributed by atoms with E-state index in [0.29, 0.717) is 28.8 Å². The molecule has 2 heterocycles. The number of sulfonamides is 1. The molecule has 4 rings (SSSR count). The van der Waals surface area contributed by atoms with Gasteiger partial charge in [0.05, 0.1) is 10.5 Å². The minimum Gasteiger partial charge on any atom is -0.366 e. The average molecular weight is 519 g/mol. The molecule has 190 valence electrons. The molecule has 0 spiro atoms. The van der Waals surface area contributed by atoms with Crippen LogP contribution in [0.2, 0.25) is 0 Å². The van der Waals surface area contributed by atoms with Crippen LogP contribution in [0.15, 0.2) is 65.6 Å². The van der Waals surface area contributed by atoms with E-state index in [1.165, 1.54) is 16.4 Å². The molecule has 1 aromatic heterocycles. The molecule has 11 heteroatoms. The van der Waals surface area contributed by atoms with Crippen LogP contribution in [-0.2, 0) is 22.6 Å². The van der Waals surface area contributed by atoms with Gasteiger partial charge in [0, 0.05) is 37.4 Å². The highest BCUT2D eigenvalue weighted by Gasteiger charge is 2.33. The Labute approximate surface area is 207 Å². The topological polar surface area (TPSA) is 96.6 Å². The molecular weight excluding hydrogens is 493 g/mol. The maximum Gasteiger partial charge on any atom is 0.416 e. The number of amides is 1. The van der Waals surface area contributed by atoms with Crippen molar-refractivity contribution in [1.82, 2.24) is 9.29 Å². The van der Waals surface area contributed by atoms with E-state index >= 15 is 0 Å². The molecule has 7 nitrogen and oxygen atoms in total. The second kappa shape index (κ2) is 9.90. The number of hydrogen-bond acceptors (Lipinski definition) is 5. The molecule has 2 N–H and O–H groups in total. The van der Waals surface area contributed by atoms with Crippen LogP contribution < -0.4 is 10.6 Å². The van der Waals surface area contributed by atoms with Crippen LogP contribution in [0.5, 0.6) is 0 Å². The van der Waals surface area contributed by atoms with Crippen molar-refractivity contribution in [1.29, 1.82) is 0 Å². The Morgan fingerprint density at radius 3 is 2.22 bits per heavy atom. The number of alkyl halides is 3. The number of halogens is 3. The maximum absolute atomic E-state index is 13.3. The lowest BCUT2D eigenvalue weighted by Crippen LogP contribution is -2.49. The quantitative estimate of drug-likeness (QED) is 0.533. The first kappa shape index (κ1) is 25.6. The van der Waals surface area contributed by atoms with E-state index in [-0.39, 0.29) is 36.9 Å². The molecule has 0 atom stereocenters. The number of nitrogens with two attached hydrogens (primary N) is 1. The van der Waals surface area contributed by atoms with Gasteiger partial charge in [0.25, 0.3) is 0 Å². The predicted octanol–water partition coefficient (Wildman–Crippen LogP) is 3.94. The van der Waals surface area contributed by atoms with E-state index in [4.69, 9.17) is 5.73 Å². The summed E-state index contributed by atoms with van der Waals surface area (Å²) in [6, 6.07) is 15.0. The van der Waals surface area contributed by atoms with Crippen LogP contribution >= 0.6 is 0 Å². The molecule has 0 saturated carbocycles. The number of primary amides is 1. The molecule has 1 amide bonds. The van der Waals surface area contributed by atoms with Crippen LogP contribution in [-0.4, -0.2) is 49.8 Å². The largest absolute Gasteiger partial charge is 0.416 e. The summed E-state index contributed by atoms with van der Waals surface area (Å²) in [5, 5.41) is 0. The Balaban J connectivity index is 1.51. The first-order valence-electron chi connectivity index (χ1n) is 11.3. The van der Waals surface area contributed by atoms with E-state index in [1.54, 1.807) is 48.2 Å². The fourth-order valence-corrected chi connectivity index (χ4v) is 5.56. The third-order valence-corrected chi connectivity index (χ3v) is 8.03. The van der Waals surface area contributed by atoms with Crippen LogP contribution in [0.1, 0.15) is 28.5 Å². The molecule has 3 aromatic rings. The Morgan fingerprint density at radius 1 is 1.00 bits per heavy atom. The van der Waals surface area contributed by atoms with Crippen molar-refractivity contribution >= 4 is 21.7 Å². The van der Waals surface area contributed by atoms with E-state index in [2.05, 4.69) is 4.98 Å². The minimum absolute atomic E-state index is 0.0849. The SMILES string of the molecule is CCc1cc(C(F)(F)F)cc(N2CCN(S(=O)(=O)c3ccc(-c4ccccc4C(N)=O)cc3)CC2)n1. The smallest absolute Gasteiger partial charge is 0.366 e. The molecule has 0 unspecified atom stereocenters. The fourth-order valence-electron chi connectivity index (χ4n) is 4.14. The summed E-state index contributed by atoms with van der Waals surface area (Å²) < 4.78 is 67.6. The summed E-state index contributed by atoms with van der Waals surface area (Å²) >= 11 is 0. The van der Waals surface area contributed by atoms with Crippen molar-refractivity contribution in [2.24, 2.45) is 5.73 Å². The van der Waals surface area contributed by atoms with Gasteiger partial charge in [-0.1, -0.05) is 37.3 Å². The molecule has 0 radical (unpaired) electrons. The molecule has 36 heavy (non-hydrogen) atoms. The lowest BCUT2D eigenvalue weighted by molar-refractivity contribution is -0.137. The van der Waals surface area contributed by atoms with Crippen molar-refractivity contribution < 1.29 is 26.4 Å². The van der Waals surface area contributed by atoms with Gasteiger partial charge < -0.3 is 10.6 Å². The van der Waals surface area contributed by atoms with Gasteiger partial charge in [-0.25, -0.2) is 13.4 Å². The first-order valence-corrected chi connectivity index (χ1v) is 12.8. The van der Waals surface area contributed by atoms with Crippen molar-refractivity contribution in [3.05, 3.63) is 77.5 Å². The zero-order valence-corrected chi connectivity index (χ0v) is 20.3. The van der Waals surface area contributed by atoms with Crippen molar-refractivity contribution in [2.75, 3.05) is 31.1 Å². The van der Waals surface area contributed by atoms with Gasteiger partial charge in [0.1, 0.15) is 5.82 Å². The third kappa shape index (κ3) is 5.21. The highest BCUT2D eigenvalue weighted by atomic mass is 32.2. The zero-order chi connectivity index (χ0) is 26.1. The van der Waals surface area contributed by atoms with Crippen molar-refractivity contribution in [3.63, 3.8) is 0 Å². The van der Waals surface area contributed by atoms with Crippen LogP contribution in [0.4, 0.5) is 19.0 Å². The maximum atomic E-state index is 13.3. The second-order valence-corrected chi connectivity index (χ2v) is 10.3. The monoisotopic (exact) mass is 518 g/mol. The number of aryl methyl sites for hydroxylation is 1. The molecular formula is C25H25F3N4O3S. The number of rotatable bonds is 6. The molecule has 1 aliphatic heterocycles. The van der Waals surface area contributed by atoms with E-state index in [0.717, 1.165) is 12.1 Å². The van der Waals surface area contributed by atoms with Crippen LogP contribution in [0.3, 0.4) is 0 Å². The summed E-state index contributed by atoms with van der Waals surface area (Å²) in [6.07, 6.45) is -4.14. The standard InChI is InChI=1S/C25H25F3N4O3S/c1-2-19-15-18(25(26,27)28)16-23(30-19)31-11-13-32(14-12-31)36(34,35)20-9-7-17(8-10-20)21-5-3-4-6-22(21)24(29)33/h3-10,15-16H,2,11-14H2,1H3,(H2,29,33). The second-order valence-electron chi connectivity index (χ2n) is 8.38. The van der Waals surface area contributed by atoms with E-state index < -0.39 is 27.7 Å². The van der Waals surface area contributed by atoms with Gasteiger partial charge in [-0.15, -0.1) is 0 Å². The van der Waals surface area contributed by atoms with Gasteiger partial charge in [-0.2, -0.15) is 17.5 Å². The number of anilines is 1. The normalized spacial score (nSPS) is 15.2. The Bertz CT molecular complexity index is 1370. The third-order valence-electron chi connectivity index (χ3n) is 6.11. The number of hydrogen-bond donors (Lipinski definition) is 1. The number of carbonyl (C=O) groups excluding carboxylic acids is 1. The number of pyridine rings is 1. The minimum atomic E-state index is -4.49. The highest BCUT2D eigenvalue weighted by Crippen LogP contribution is 2.32. The molecule has 2 aromatic carbocycles. The lowest BCUT2D eigenvalue weighted by atomic mass is 9.99. The molecule has 1 fully saturated rings. The molecule has 1 saturated heterocycles. The van der Waals surface area contributed by atoms with Gasteiger partial charge in [0.2, 0.25) is 15.9 Å². The highest BCUT2D eigenvalue weighted by molar-refractivity contribution is 7.89. The van der Waals surface area contributed by atoms with Gasteiger partial charge in [-0.05, 0) is 47.9 Å². The Morgan fingerprint density at radius 2 is 1.64 bits per heavy atom. The van der Waals surface area contributed by atoms with E-state index in [1.807, 2.05) is 0 Å². The first-order chi connectivity index (χ1) is 17.0. The number of benzene rings is 2. The summed E-state index contributed by atoms with van der Waals surface area (Å²) in [5.41, 5.74) is 6.58. The summed E-state index contributed by atoms with van der Waals surface area (Å²) in [7, 11) is -3.82. The number of aromatic nitrogens is 1. The number of piperazine rings is 1. The molecule has 1 aliphatic rings. The summed E-state index contributed by atoms with van der Waals surface area (Å²) in [4.78, 5) is 17.8. The Kier molecular flexibility index (Phi) is 7.05. The van der Waals surface area contributed by atoms with Crippen LogP contribution in [0, 0.1) is 0 Å². The Hall–Kier alpha value is -3.44. The average Bonchev–Trinajstić information content (AvgIpc) is 2.88. The van der Waals surface area contributed by atoms with Crippen molar-refractivity contribution in [2.45, 2.75) is 24.4 Å². The summed E-state index contributed by atoms with van der Waals surface area (Å²) in [5.74, 6) is -0.391. The van der Waals surface area contributed by atoms with Gasteiger partial charge in [0.15, 0.2) is 0 Å². The molecule has 0 bridgehead atoms. The van der Waals surface area contributed by atoms with Crippen LogP contribution in [0.25, 0.3) is 11.1 Å². The van der Waals surface area contributed by atoms with Gasteiger partial charge in [-0.3, -0.25) is 4.79 Å². The lowest BCUT2D eigenvalue weighted by Gasteiger charge is -2.35.